The zero-order valence-corrected chi connectivity index (χ0v) is 12.2. The highest BCUT2D eigenvalue weighted by Gasteiger charge is 2.06. The monoisotopic (exact) mass is 297 g/mol. The molecule has 7 heteroatoms. The van der Waals surface area contributed by atoms with Gasteiger partial charge in [0.1, 0.15) is 0 Å². The molecule has 0 aromatic carbocycles. The summed E-state index contributed by atoms with van der Waals surface area (Å²) in [6.45, 7) is 2.97. The Hall–Kier alpha value is -1.47. The quantitative estimate of drug-likeness (QED) is 0.796. The number of ether oxygens (including phenoxy) is 1. The van der Waals surface area contributed by atoms with E-state index in [1.165, 1.54) is 4.88 Å². The van der Waals surface area contributed by atoms with E-state index in [9.17, 15) is 4.79 Å². The minimum atomic E-state index is -0.172. The average Bonchev–Trinajstić information content (AvgIpc) is 3.06. The van der Waals surface area contributed by atoms with Crippen LogP contribution in [0.25, 0.3) is 0 Å². The molecular weight excluding hydrogens is 282 g/mol. The van der Waals surface area contributed by atoms with Crippen molar-refractivity contribution in [2.45, 2.75) is 26.3 Å². The summed E-state index contributed by atoms with van der Waals surface area (Å²) in [7, 11) is 0. The van der Waals surface area contributed by atoms with Gasteiger partial charge in [-0.25, -0.2) is 4.98 Å². The van der Waals surface area contributed by atoms with Crippen LogP contribution in [0.1, 0.15) is 23.9 Å². The number of anilines is 1. The highest BCUT2D eigenvalue weighted by molar-refractivity contribution is 7.13. The number of carbonyl (C=O) groups is 1. The van der Waals surface area contributed by atoms with E-state index in [1.807, 2.05) is 24.0 Å². The lowest BCUT2D eigenvalue weighted by atomic mass is 10.2. The van der Waals surface area contributed by atoms with Crippen molar-refractivity contribution < 1.29 is 9.53 Å². The van der Waals surface area contributed by atoms with Crippen LogP contribution in [0, 0.1) is 0 Å². The van der Waals surface area contributed by atoms with E-state index >= 15 is 0 Å². The van der Waals surface area contributed by atoms with Gasteiger partial charge in [0.2, 0.25) is 0 Å². The molecule has 0 amide bonds. The van der Waals surface area contributed by atoms with Crippen molar-refractivity contribution in [1.29, 1.82) is 0 Å². The molecule has 0 unspecified atom stereocenters. The van der Waals surface area contributed by atoms with Gasteiger partial charge in [-0.2, -0.15) is 0 Å². The Morgan fingerprint density at radius 2 is 2.37 bits per heavy atom. The van der Waals surface area contributed by atoms with Crippen LogP contribution in [-0.4, -0.2) is 22.5 Å². The smallest absolute Gasteiger partial charge is 0.306 e. The first-order valence-corrected chi connectivity index (χ1v) is 7.75. The van der Waals surface area contributed by atoms with Crippen LogP contribution in [0.3, 0.4) is 0 Å². The molecule has 0 saturated carbocycles. The number of aromatic nitrogens is 2. The molecule has 0 saturated heterocycles. The fourth-order valence-corrected chi connectivity index (χ4v) is 2.74. The Morgan fingerprint density at radius 3 is 3.11 bits per heavy atom. The van der Waals surface area contributed by atoms with E-state index in [1.54, 1.807) is 22.7 Å². The second-order valence-corrected chi connectivity index (χ2v) is 5.60. The Morgan fingerprint density at radius 1 is 1.47 bits per heavy atom. The van der Waals surface area contributed by atoms with Crippen LogP contribution in [0.2, 0.25) is 0 Å². The molecule has 0 spiro atoms. The van der Waals surface area contributed by atoms with Crippen molar-refractivity contribution in [1.82, 2.24) is 9.97 Å². The third-order valence-electron chi connectivity index (χ3n) is 2.34. The summed E-state index contributed by atoms with van der Waals surface area (Å²) >= 11 is 3.16. The van der Waals surface area contributed by atoms with Crippen LogP contribution in [0.4, 0.5) is 5.13 Å². The van der Waals surface area contributed by atoms with Gasteiger partial charge in [0.15, 0.2) is 5.13 Å². The van der Waals surface area contributed by atoms with Gasteiger partial charge in [0.25, 0.3) is 0 Å². The predicted octanol–water partition coefficient (Wildman–Crippen LogP) is 2.71. The van der Waals surface area contributed by atoms with E-state index in [2.05, 4.69) is 15.3 Å². The second-order valence-electron chi connectivity index (χ2n) is 3.77. The molecule has 2 aromatic rings. The number of thiazole rings is 2. The maximum Gasteiger partial charge on any atom is 0.306 e. The summed E-state index contributed by atoms with van der Waals surface area (Å²) in [5.74, 6) is -0.172. The maximum absolute atomic E-state index is 11.2. The van der Waals surface area contributed by atoms with Crippen LogP contribution in [0.5, 0.6) is 0 Å². The van der Waals surface area contributed by atoms with Gasteiger partial charge in [-0.1, -0.05) is 0 Å². The Kier molecular flexibility index (Phi) is 5.29. The third-order valence-corrected chi connectivity index (χ3v) is 3.97. The van der Waals surface area contributed by atoms with E-state index in [-0.39, 0.29) is 5.97 Å². The molecule has 5 nitrogen and oxygen atoms in total. The summed E-state index contributed by atoms with van der Waals surface area (Å²) in [6.07, 6.45) is 2.84. The number of hydrogen-bond donors (Lipinski definition) is 1. The number of aryl methyl sites for hydroxylation is 1. The summed E-state index contributed by atoms with van der Waals surface area (Å²) in [6, 6.07) is 0. The van der Waals surface area contributed by atoms with Crippen molar-refractivity contribution in [3.63, 3.8) is 0 Å². The normalized spacial score (nSPS) is 10.4. The maximum atomic E-state index is 11.2. The SMILES string of the molecule is CCOC(=O)CCc1csc(NCc2cncs2)n1. The molecule has 0 aliphatic carbocycles. The fraction of sp³-hybridized carbons (Fsp3) is 0.417. The van der Waals surface area contributed by atoms with E-state index in [0.717, 1.165) is 17.4 Å². The predicted molar refractivity (Wildman–Crippen MR) is 76.5 cm³/mol. The van der Waals surface area contributed by atoms with Gasteiger partial charge in [-0.15, -0.1) is 22.7 Å². The first-order chi connectivity index (χ1) is 9.28. The lowest BCUT2D eigenvalue weighted by Gasteiger charge is -2.00. The van der Waals surface area contributed by atoms with E-state index in [0.29, 0.717) is 19.4 Å². The Balaban J connectivity index is 1.77. The third kappa shape index (κ3) is 4.60. The largest absolute Gasteiger partial charge is 0.466 e. The fourth-order valence-electron chi connectivity index (χ4n) is 1.46. The zero-order valence-electron chi connectivity index (χ0n) is 10.6. The van der Waals surface area contributed by atoms with E-state index < -0.39 is 0 Å². The Bertz CT molecular complexity index is 511. The van der Waals surface area contributed by atoms with Gasteiger partial charge in [0.05, 0.1) is 30.8 Å². The molecule has 1 N–H and O–H groups in total. The molecule has 19 heavy (non-hydrogen) atoms. The van der Waals surface area contributed by atoms with Crippen molar-refractivity contribution in [3.8, 4) is 0 Å². The molecule has 0 radical (unpaired) electrons. The number of nitrogens with one attached hydrogen (secondary N) is 1. The highest BCUT2D eigenvalue weighted by Crippen LogP contribution is 2.18. The van der Waals surface area contributed by atoms with Crippen LogP contribution < -0.4 is 5.32 Å². The minimum Gasteiger partial charge on any atom is -0.466 e. The van der Waals surface area contributed by atoms with Gasteiger partial charge < -0.3 is 10.1 Å². The molecule has 2 rings (SSSR count). The van der Waals surface area contributed by atoms with Crippen molar-refractivity contribution >= 4 is 33.8 Å². The zero-order chi connectivity index (χ0) is 13.5. The van der Waals surface area contributed by atoms with Crippen molar-refractivity contribution in [2.75, 3.05) is 11.9 Å². The topological polar surface area (TPSA) is 64.1 Å². The van der Waals surface area contributed by atoms with Gasteiger partial charge >= 0.3 is 5.97 Å². The van der Waals surface area contributed by atoms with Gasteiger partial charge in [-0.05, 0) is 6.92 Å². The summed E-state index contributed by atoms with van der Waals surface area (Å²) in [5.41, 5.74) is 2.73. The molecule has 0 aliphatic rings. The lowest BCUT2D eigenvalue weighted by molar-refractivity contribution is -0.143. The summed E-state index contributed by atoms with van der Waals surface area (Å²) < 4.78 is 4.88. The first-order valence-electron chi connectivity index (χ1n) is 5.99. The molecular formula is C12H15N3O2S2. The minimum absolute atomic E-state index is 0.172. The molecule has 102 valence electrons. The molecule has 0 atom stereocenters. The van der Waals surface area contributed by atoms with Crippen molar-refractivity contribution in [2.24, 2.45) is 0 Å². The molecule has 2 heterocycles. The summed E-state index contributed by atoms with van der Waals surface area (Å²) in [4.78, 5) is 20.8. The summed E-state index contributed by atoms with van der Waals surface area (Å²) in [5, 5.41) is 6.08. The van der Waals surface area contributed by atoms with Gasteiger partial charge in [0, 0.05) is 22.9 Å². The van der Waals surface area contributed by atoms with Crippen LogP contribution in [-0.2, 0) is 22.5 Å². The van der Waals surface area contributed by atoms with Crippen molar-refractivity contribution in [3.05, 3.63) is 27.7 Å². The molecule has 0 bridgehead atoms. The number of nitrogens with zero attached hydrogens (tertiary/aromatic N) is 2. The first kappa shape index (κ1) is 14.0. The Labute approximate surface area is 119 Å². The number of hydrogen-bond acceptors (Lipinski definition) is 7. The van der Waals surface area contributed by atoms with E-state index in [4.69, 9.17) is 4.74 Å². The number of esters is 1. The highest BCUT2D eigenvalue weighted by atomic mass is 32.1. The lowest BCUT2D eigenvalue weighted by Crippen LogP contribution is -2.05. The van der Waals surface area contributed by atoms with Crippen LogP contribution in [0.15, 0.2) is 17.1 Å². The standard InChI is InChI=1S/C12H15N3O2S2/c1-2-17-11(16)4-3-9-7-18-12(15-9)14-6-10-5-13-8-19-10/h5,7-8H,2-4,6H2,1H3,(H,14,15). The number of carbonyl (C=O) groups excluding carboxylic acids is 1. The van der Waals surface area contributed by atoms with Crippen LogP contribution >= 0.6 is 22.7 Å². The molecule has 0 fully saturated rings. The van der Waals surface area contributed by atoms with Gasteiger partial charge in [-0.3, -0.25) is 9.78 Å². The molecule has 2 aromatic heterocycles. The average molecular weight is 297 g/mol. The second kappa shape index (κ2) is 7.20. The molecule has 0 aliphatic heterocycles. The number of rotatable bonds is 7.